The first-order valence-electron chi connectivity index (χ1n) is 7.08. The number of anilines is 1. The standard InChI is InChI=1S/C16H14BrNO4/c1-21-15(20)12-11-6-7-16(22-11)8-18(14(19)13(12)16)10-5-3-2-4-9(10)17/h2-7,11-13H,8H2,1H3/t11-,12+,13-,16+/m0/s1. The highest BCUT2D eigenvalue weighted by Gasteiger charge is 2.67. The van der Waals surface area contributed by atoms with Gasteiger partial charge in [0.15, 0.2) is 0 Å². The van der Waals surface area contributed by atoms with Crippen LogP contribution in [0.1, 0.15) is 0 Å². The van der Waals surface area contributed by atoms with Gasteiger partial charge in [-0.3, -0.25) is 9.59 Å². The Labute approximate surface area is 136 Å². The van der Waals surface area contributed by atoms with E-state index in [1.54, 1.807) is 4.90 Å². The maximum Gasteiger partial charge on any atom is 0.312 e. The second-order valence-electron chi connectivity index (χ2n) is 5.80. The van der Waals surface area contributed by atoms with Gasteiger partial charge in [-0.25, -0.2) is 0 Å². The maximum atomic E-state index is 12.9. The van der Waals surface area contributed by atoms with Crippen LogP contribution in [0.25, 0.3) is 0 Å². The van der Waals surface area contributed by atoms with Crippen molar-refractivity contribution in [2.75, 3.05) is 18.6 Å². The van der Waals surface area contributed by atoms with Gasteiger partial charge in [0.05, 0.1) is 31.4 Å². The van der Waals surface area contributed by atoms with Gasteiger partial charge in [-0.05, 0) is 28.1 Å². The topological polar surface area (TPSA) is 55.8 Å². The number of hydrogen-bond donors (Lipinski definition) is 0. The lowest BCUT2D eigenvalue weighted by Crippen LogP contribution is -2.39. The van der Waals surface area contributed by atoms with Crippen LogP contribution in [-0.4, -0.2) is 37.2 Å². The predicted octanol–water partition coefficient (Wildman–Crippen LogP) is 1.91. The molecule has 0 unspecified atom stereocenters. The summed E-state index contributed by atoms with van der Waals surface area (Å²) in [4.78, 5) is 26.7. The van der Waals surface area contributed by atoms with E-state index >= 15 is 0 Å². The number of methoxy groups -OCH3 is 1. The number of ether oxygens (including phenoxy) is 2. The predicted molar refractivity (Wildman–Crippen MR) is 82.2 cm³/mol. The number of carbonyl (C=O) groups is 2. The Balaban J connectivity index is 1.75. The lowest BCUT2D eigenvalue weighted by molar-refractivity contribution is -0.149. The molecule has 4 rings (SSSR count). The van der Waals surface area contributed by atoms with E-state index in [0.717, 1.165) is 10.2 Å². The first-order chi connectivity index (χ1) is 10.6. The van der Waals surface area contributed by atoms with Gasteiger partial charge in [0.2, 0.25) is 5.91 Å². The molecule has 1 aromatic carbocycles. The molecule has 3 aliphatic rings. The molecule has 5 nitrogen and oxygen atoms in total. The number of halogens is 1. The van der Waals surface area contributed by atoms with E-state index in [-0.39, 0.29) is 18.0 Å². The summed E-state index contributed by atoms with van der Waals surface area (Å²) in [6, 6.07) is 7.54. The van der Waals surface area contributed by atoms with Crippen LogP contribution in [-0.2, 0) is 19.1 Å². The van der Waals surface area contributed by atoms with Crippen LogP contribution in [0.3, 0.4) is 0 Å². The van der Waals surface area contributed by atoms with Crippen LogP contribution >= 0.6 is 15.9 Å². The van der Waals surface area contributed by atoms with Crippen LogP contribution in [0.15, 0.2) is 40.9 Å². The largest absolute Gasteiger partial charge is 0.469 e. The van der Waals surface area contributed by atoms with Crippen molar-refractivity contribution < 1.29 is 19.1 Å². The summed E-state index contributed by atoms with van der Waals surface area (Å²) in [6.07, 6.45) is 3.44. The van der Waals surface area contributed by atoms with E-state index in [9.17, 15) is 9.59 Å². The number of para-hydroxylation sites is 1. The molecular formula is C16H14BrNO4. The van der Waals surface area contributed by atoms with Crippen LogP contribution in [0.5, 0.6) is 0 Å². The fraction of sp³-hybridized carbons (Fsp3) is 0.375. The van der Waals surface area contributed by atoms with Crippen LogP contribution in [0, 0.1) is 11.8 Å². The van der Waals surface area contributed by atoms with Crippen molar-refractivity contribution in [2.45, 2.75) is 11.7 Å². The molecule has 1 amide bonds. The summed E-state index contributed by atoms with van der Waals surface area (Å²) >= 11 is 3.48. The van der Waals surface area contributed by atoms with Gasteiger partial charge < -0.3 is 14.4 Å². The summed E-state index contributed by atoms with van der Waals surface area (Å²) in [6.45, 7) is 0.416. The first kappa shape index (κ1) is 14.0. The summed E-state index contributed by atoms with van der Waals surface area (Å²) in [5, 5.41) is 0. The second-order valence-corrected chi connectivity index (χ2v) is 6.65. The number of amides is 1. The van der Waals surface area contributed by atoms with E-state index in [0.29, 0.717) is 6.54 Å². The molecule has 0 aromatic heterocycles. The molecule has 0 aliphatic carbocycles. The Morgan fingerprint density at radius 2 is 2.23 bits per heavy atom. The van der Waals surface area contributed by atoms with Crippen molar-refractivity contribution in [2.24, 2.45) is 11.8 Å². The van der Waals surface area contributed by atoms with Crippen LogP contribution in [0.2, 0.25) is 0 Å². The fourth-order valence-corrected chi connectivity index (χ4v) is 4.28. The minimum Gasteiger partial charge on any atom is -0.469 e. The Kier molecular flexibility index (Phi) is 2.96. The normalized spacial score (nSPS) is 35.1. The van der Waals surface area contributed by atoms with Gasteiger partial charge in [-0.1, -0.05) is 24.3 Å². The van der Waals surface area contributed by atoms with E-state index in [2.05, 4.69) is 15.9 Å². The zero-order valence-corrected chi connectivity index (χ0v) is 13.4. The van der Waals surface area contributed by atoms with Gasteiger partial charge in [-0.2, -0.15) is 0 Å². The molecule has 1 aromatic rings. The molecule has 2 fully saturated rings. The third kappa shape index (κ3) is 1.68. The molecule has 3 heterocycles. The number of carbonyl (C=O) groups excluding carboxylic acids is 2. The molecule has 3 aliphatic heterocycles. The molecule has 2 saturated heterocycles. The van der Waals surface area contributed by atoms with Gasteiger partial charge in [0, 0.05) is 4.47 Å². The first-order valence-corrected chi connectivity index (χ1v) is 7.87. The summed E-state index contributed by atoms with van der Waals surface area (Å²) in [5.74, 6) is -1.55. The van der Waals surface area contributed by atoms with Crippen molar-refractivity contribution in [3.8, 4) is 0 Å². The Hall–Kier alpha value is -1.66. The Bertz CT molecular complexity index is 703. The van der Waals surface area contributed by atoms with Gasteiger partial charge in [-0.15, -0.1) is 0 Å². The summed E-state index contributed by atoms with van der Waals surface area (Å²) in [7, 11) is 1.34. The average Bonchev–Trinajstić information content (AvgIpc) is 3.15. The molecule has 6 heteroatoms. The number of benzene rings is 1. The molecule has 1 spiro atoms. The Morgan fingerprint density at radius 1 is 1.45 bits per heavy atom. The fourth-order valence-electron chi connectivity index (χ4n) is 3.78. The number of hydrogen-bond acceptors (Lipinski definition) is 4. The van der Waals surface area contributed by atoms with Gasteiger partial charge >= 0.3 is 5.97 Å². The zero-order chi connectivity index (χ0) is 15.5. The number of nitrogens with zero attached hydrogens (tertiary/aromatic N) is 1. The van der Waals surface area contributed by atoms with Crippen molar-refractivity contribution in [3.63, 3.8) is 0 Å². The molecule has 0 saturated carbocycles. The van der Waals surface area contributed by atoms with Crippen molar-refractivity contribution >= 4 is 33.5 Å². The van der Waals surface area contributed by atoms with E-state index in [1.165, 1.54) is 7.11 Å². The number of esters is 1. The molecular weight excluding hydrogens is 350 g/mol. The van der Waals surface area contributed by atoms with Gasteiger partial charge in [0.25, 0.3) is 0 Å². The minimum atomic E-state index is -0.712. The van der Waals surface area contributed by atoms with Crippen LogP contribution < -0.4 is 4.90 Å². The highest BCUT2D eigenvalue weighted by molar-refractivity contribution is 9.10. The van der Waals surface area contributed by atoms with Gasteiger partial charge in [0.1, 0.15) is 11.5 Å². The third-order valence-corrected chi connectivity index (χ3v) is 5.39. The SMILES string of the molecule is COC(=O)[C@@H]1[C@@H]2C=C[C@]3(CN(c4ccccc4Br)C(=O)[C@H]13)O2. The number of fused-ring (bicyclic) bond motifs is 1. The highest BCUT2D eigenvalue weighted by Crippen LogP contribution is 2.53. The van der Waals surface area contributed by atoms with E-state index in [4.69, 9.17) is 9.47 Å². The summed E-state index contributed by atoms with van der Waals surface area (Å²) in [5.41, 5.74) is 0.0796. The van der Waals surface area contributed by atoms with E-state index in [1.807, 2.05) is 36.4 Å². The van der Waals surface area contributed by atoms with E-state index < -0.39 is 17.4 Å². The average molecular weight is 364 g/mol. The summed E-state index contributed by atoms with van der Waals surface area (Å²) < 4.78 is 11.7. The molecule has 2 bridgehead atoms. The molecule has 22 heavy (non-hydrogen) atoms. The minimum absolute atomic E-state index is 0.0887. The third-order valence-electron chi connectivity index (χ3n) is 4.72. The van der Waals surface area contributed by atoms with Crippen LogP contribution in [0.4, 0.5) is 5.69 Å². The molecule has 114 valence electrons. The molecule has 0 N–H and O–H groups in total. The highest BCUT2D eigenvalue weighted by atomic mass is 79.9. The zero-order valence-electron chi connectivity index (χ0n) is 11.9. The Morgan fingerprint density at radius 3 is 2.95 bits per heavy atom. The van der Waals surface area contributed by atoms with Crippen molar-refractivity contribution in [1.82, 2.24) is 0 Å². The quantitative estimate of drug-likeness (QED) is 0.594. The lowest BCUT2D eigenvalue weighted by Gasteiger charge is -2.22. The van der Waals surface area contributed by atoms with Crippen molar-refractivity contribution in [3.05, 3.63) is 40.9 Å². The second kappa shape index (κ2) is 4.67. The maximum absolute atomic E-state index is 12.9. The van der Waals surface area contributed by atoms with Crippen molar-refractivity contribution in [1.29, 1.82) is 0 Å². The monoisotopic (exact) mass is 363 g/mol. The molecule has 4 atom stereocenters. The lowest BCUT2D eigenvalue weighted by atomic mass is 9.77. The molecule has 0 radical (unpaired) electrons. The number of rotatable bonds is 2. The smallest absolute Gasteiger partial charge is 0.312 e.